The van der Waals surface area contributed by atoms with Crippen LogP contribution in [0.1, 0.15) is 23.3 Å². The molecule has 0 saturated carbocycles. The number of nitrogens with one attached hydrogen (secondary N) is 1. The molecular formula is C11H14N2O5. The molecule has 1 amide bonds. The van der Waals surface area contributed by atoms with E-state index >= 15 is 0 Å². The van der Waals surface area contributed by atoms with Crippen molar-refractivity contribution < 1.29 is 24.6 Å². The molecule has 0 aliphatic rings. The number of hydrogen-bond acceptors (Lipinski definition) is 3. The van der Waals surface area contributed by atoms with E-state index in [1.165, 1.54) is 0 Å². The van der Waals surface area contributed by atoms with Crippen LogP contribution in [0, 0.1) is 0 Å². The summed E-state index contributed by atoms with van der Waals surface area (Å²) >= 11 is 0. The summed E-state index contributed by atoms with van der Waals surface area (Å²) in [6.07, 6.45) is 1.19. The zero-order valence-electron chi connectivity index (χ0n) is 9.79. The first-order valence-electron chi connectivity index (χ1n) is 5.28. The van der Waals surface area contributed by atoms with E-state index in [0.717, 1.165) is 0 Å². The fourth-order valence-electron chi connectivity index (χ4n) is 1.45. The maximum absolute atomic E-state index is 11.7. The number of aryl methyl sites for hydroxylation is 1. The van der Waals surface area contributed by atoms with Gasteiger partial charge in [-0.3, -0.25) is 9.59 Å². The highest BCUT2D eigenvalue weighted by molar-refractivity contribution is 5.95. The fraction of sp³-hybridized carbons (Fsp3) is 0.364. The highest BCUT2D eigenvalue weighted by Crippen LogP contribution is 2.03. The number of nitrogens with zero attached hydrogens (tertiary/aromatic N) is 1. The van der Waals surface area contributed by atoms with Crippen molar-refractivity contribution in [2.45, 2.75) is 18.9 Å². The SMILES string of the molecule is Cn1cccc1C(=O)N[C@@H](CCC(=O)O)C(=O)O. The van der Waals surface area contributed by atoms with Gasteiger partial charge in [-0.15, -0.1) is 0 Å². The maximum atomic E-state index is 11.7. The Morgan fingerprint density at radius 1 is 1.39 bits per heavy atom. The van der Waals surface area contributed by atoms with E-state index in [9.17, 15) is 14.4 Å². The Balaban J connectivity index is 2.67. The number of aliphatic carboxylic acids is 2. The Labute approximate surface area is 103 Å². The molecule has 1 aromatic heterocycles. The number of carboxylic acid groups (broad SMARTS) is 2. The molecule has 0 bridgehead atoms. The first-order chi connectivity index (χ1) is 8.41. The number of carbonyl (C=O) groups excluding carboxylic acids is 1. The van der Waals surface area contributed by atoms with E-state index in [4.69, 9.17) is 10.2 Å². The smallest absolute Gasteiger partial charge is 0.326 e. The topological polar surface area (TPSA) is 109 Å². The molecule has 3 N–H and O–H groups in total. The lowest BCUT2D eigenvalue weighted by Crippen LogP contribution is -2.41. The van der Waals surface area contributed by atoms with Crippen LogP contribution in [0.5, 0.6) is 0 Å². The van der Waals surface area contributed by atoms with Gasteiger partial charge in [-0.05, 0) is 18.6 Å². The number of amides is 1. The van der Waals surface area contributed by atoms with Crippen LogP contribution in [-0.4, -0.2) is 38.7 Å². The summed E-state index contributed by atoms with van der Waals surface area (Å²) in [5.74, 6) is -2.89. The predicted molar refractivity (Wildman–Crippen MR) is 61.2 cm³/mol. The van der Waals surface area contributed by atoms with Crippen LogP contribution in [0.2, 0.25) is 0 Å². The molecule has 18 heavy (non-hydrogen) atoms. The third-order valence-corrected chi connectivity index (χ3v) is 2.43. The molecule has 0 aliphatic carbocycles. The third kappa shape index (κ3) is 3.62. The van der Waals surface area contributed by atoms with Crippen molar-refractivity contribution in [3.05, 3.63) is 24.0 Å². The molecule has 1 aromatic rings. The van der Waals surface area contributed by atoms with E-state index in [-0.39, 0.29) is 12.8 Å². The van der Waals surface area contributed by atoms with Gasteiger partial charge in [0.2, 0.25) is 0 Å². The Morgan fingerprint density at radius 2 is 2.06 bits per heavy atom. The maximum Gasteiger partial charge on any atom is 0.326 e. The van der Waals surface area contributed by atoms with Crippen LogP contribution in [0.4, 0.5) is 0 Å². The van der Waals surface area contributed by atoms with Gasteiger partial charge in [0.1, 0.15) is 11.7 Å². The average Bonchev–Trinajstić information content (AvgIpc) is 2.69. The van der Waals surface area contributed by atoms with Crippen LogP contribution in [-0.2, 0) is 16.6 Å². The van der Waals surface area contributed by atoms with E-state index in [1.807, 2.05) is 0 Å². The van der Waals surface area contributed by atoms with Gasteiger partial charge in [0.25, 0.3) is 5.91 Å². The number of rotatable bonds is 6. The minimum absolute atomic E-state index is 0.152. The number of aromatic nitrogens is 1. The molecule has 1 rings (SSSR count). The molecule has 7 nitrogen and oxygen atoms in total. The molecule has 0 aromatic carbocycles. The van der Waals surface area contributed by atoms with E-state index in [1.54, 1.807) is 29.9 Å². The normalized spacial score (nSPS) is 11.8. The van der Waals surface area contributed by atoms with Gasteiger partial charge in [0.05, 0.1) is 0 Å². The van der Waals surface area contributed by atoms with Crippen molar-refractivity contribution in [1.29, 1.82) is 0 Å². The standard InChI is InChI=1S/C11H14N2O5/c1-13-6-2-3-8(13)10(16)12-7(11(17)18)4-5-9(14)15/h2-3,6-7H,4-5H2,1H3,(H,12,16)(H,14,15)(H,17,18)/t7-/m0/s1. The zero-order valence-corrected chi connectivity index (χ0v) is 9.79. The Kier molecular flexibility index (Phi) is 4.47. The summed E-state index contributed by atoms with van der Waals surface area (Å²) in [6, 6.07) is 2.00. The molecule has 0 aliphatic heterocycles. The molecular weight excluding hydrogens is 240 g/mol. The average molecular weight is 254 g/mol. The van der Waals surface area contributed by atoms with Gasteiger partial charge in [-0.2, -0.15) is 0 Å². The van der Waals surface area contributed by atoms with Gasteiger partial charge < -0.3 is 20.1 Å². The van der Waals surface area contributed by atoms with Crippen molar-refractivity contribution in [1.82, 2.24) is 9.88 Å². The van der Waals surface area contributed by atoms with Crippen molar-refractivity contribution in [2.24, 2.45) is 7.05 Å². The van der Waals surface area contributed by atoms with Gasteiger partial charge in [0, 0.05) is 19.7 Å². The van der Waals surface area contributed by atoms with Crippen molar-refractivity contribution in [3.8, 4) is 0 Å². The first kappa shape index (κ1) is 13.8. The van der Waals surface area contributed by atoms with Crippen molar-refractivity contribution >= 4 is 17.8 Å². The predicted octanol–water partition coefficient (Wildman–Crippen LogP) is 0.0729. The van der Waals surface area contributed by atoms with Gasteiger partial charge in [-0.25, -0.2) is 4.79 Å². The highest BCUT2D eigenvalue weighted by Gasteiger charge is 2.22. The molecule has 98 valence electrons. The van der Waals surface area contributed by atoms with Crippen LogP contribution < -0.4 is 5.32 Å². The Morgan fingerprint density at radius 3 is 2.50 bits per heavy atom. The molecule has 0 fully saturated rings. The summed E-state index contributed by atoms with van der Waals surface area (Å²) < 4.78 is 1.55. The third-order valence-electron chi connectivity index (χ3n) is 2.43. The first-order valence-corrected chi connectivity index (χ1v) is 5.28. The molecule has 1 atom stereocenters. The highest BCUT2D eigenvalue weighted by atomic mass is 16.4. The van der Waals surface area contributed by atoms with Crippen molar-refractivity contribution in [3.63, 3.8) is 0 Å². The number of carboxylic acids is 2. The summed E-state index contributed by atoms with van der Waals surface area (Å²) in [5, 5.41) is 19.7. The van der Waals surface area contributed by atoms with Gasteiger partial charge in [-0.1, -0.05) is 0 Å². The second-order valence-corrected chi connectivity index (χ2v) is 3.80. The van der Waals surface area contributed by atoms with E-state index in [2.05, 4.69) is 5.32 Å². The molecule has 0 spiro atoms. The summed E-state index contributed by atoms with van der Waals surface area (Å²) in [4.78, 5) is 33.0. The van der Waals surface area contributed by atoms with Crippen LogP contribution in [0.3, 0.4) is 0 Å². The quantitative estimate of drug-likeness (QED) is 0.665. The minimum Gasteiger partial charge on any atom is -0.481 e. The molecule has 0 radical (unpaired) electrons. The van der Waals surface area contributed by atoms with E-state index in [0.29, 0.717) is 5.69 Å². The van der Waals surface area contributed by atoms with Crippen molar-refractivity contribution in [2.75, 3.05) is 0 Å². The van der Waals surface area contributed by atoms with Crippen LogP contribution in [0.15, 0.2) is 18.3 Å². The largest absolute Gasteiger partial charge is 0.481 e. The number of hydrogen-bond donors (Lipinski definition) is 3. The van der Waals surface area contributed by atoms with E-state index < -0.39 is 23.9 Å². The lowest BCUT2D eigenvalue weighted by Gasteiger charge is -2.13. The lowest BCUT2D eigenvalue weighted by atomic mass is 10.1. The molecule has 1 heterocycles. The second kappa shape index (κ2) is 5.85. The fourth-order valence-corrected chi connectivity index (χ4v) is 1.45. The molecule has 0 saturated heterocycles. The zero-order chi connectivity index (χ0) is 13.7. The molecule has 0 unspecified atom stereocenters. The monoisotopic (exact) mass is 254 g/mol. The minimum atomic E-state index is -1.25. The van der Waals surface area contributed by atoms with Crippen LogP contribution >= 0.6 is 0 Å². The Hall–Kier alpha value is -2.31. The van der Waals surface area contributed by atoms with Gasteiger partial charge in [0.15, 0.2) is 0 Å². The second-order valence-electron chi connectivity index (χ2n) is 3.80. The van der Waals surface area contributed by atoms with Gasteiger partial charge >= 0.3 is 11.9 Å². The summed E-state index contributed by atoms with van der Waals surface area (Å²) in [6.45, 7) is 0. The number of carbonyl (C=O) groups is 3. The van der Waals surface area contributed by atoms with Crippen LogP contribution in [0.25, 0.3) is 0 Å². The summed E-state index contributed by atoms with van der Waals surface area (Å²) in [5.41, 5.74) is 0.316. The lowest BCUT2D eigenvalue weighted by molar-refractivity contribution is -0.140. The Bertz CT molecular complexity index is 466. The summed E-state index contributed by atoms with van der Waals surface area (Å²) in [7, 11) is 1.65. The molecule has 7 heteroatoms.